The minimum absolute atomic E-state index is 0.185. The van der Waals surface area contributed by atoms with E-state index in [1.807, 2.05) is 30.3 Å². The number of ether oxygens (including phenoxy) is 2. The summed E-state index contributed by atoms with van der Waals surface area (Å²) in [5, 5.41) is 0. The number of hydrogen-bond donors (Lipinski definition) is 0. The van der Waals surface area contributed by atoms with Crippen LogP contribution in [0.3, 0.4) is 0 Å². The monoisotopic (exact) mass is 303 g/mol. The summed E-state index contributed by atoms with van der Waals surface area (Å²) < 4.78 is 10.5. The Labute approximate surface area is 130 Å². The van der Waals surface area contributed by atoms with Crippen molar-refractivity contribution < 1.29 is 19.1 Å². The molecule has 22 heavy (non-hydrogen) atoms. The Hall–Kier alpha value is -2.30. The maximum absolute atomic E-state index is 12.1. The van der Waals surface area contributed by atoms with Gasteiger partial charge in [0.1, 0.15) is 18.2 Å². The van der Waals surface area contributed by atoms with Gasteiger partial charge in [-0.05, 0) is 26.3 Å². The fraction of sp³-hybridized carbons (Fsp3) is 0.412. The van der Waals surface area contributed by atoms with Gasteiger partial charge in [-0.1, -0.05) is 36.9 Å². The van der Waals surface area contributed by atoms with Crippen LogP contribution < -0.4 is 0 Å². The quantitative estimate of drug-likeness (QED) is 0.804. The highest BCUT2D eigenvalue weighted by Gasteiger charge is 2.44. The van der Waals surface area contributed by atoms with Crippen molar-refractivity contribution in [3.05, 3.63) is 48.2 Å². The van der Waals surface area contributed by atoms with Gasteiger partial charge >= 0.3 is 12.1 Å². The van der Waals surface area contributed by atoms with E-state index in [0.29, 0.717) is 12.1 Å². The van der Waals surface area contributed by atoms with Crippen molar-refractivity contribution in [3.8, 4) is 0 Å². The molecule has 0 saturated carbocycles. The maximum Gasteiger partial charge on any atom is 0.415 e. The number of amides is 1. The summed E-state index contributed by atoms with van der Waals surface area (Å²) in [5.74, 6) is -0.442. The van der Waals surface area contributed by atoms with E-state index in [1.165, 1.54) is 4.90 Å². The summed E-state index contributed by atoms with van der Waals surface area (Å²) in [6, 6.07) is 8.75. The molecule has 1 heterocycles. The fourth-order valence-corrected chi connectivity index (χ4v) is 2.10. The van der Waals surface area contributed by atoms with Crippen LogP contribution in [0, 0.1) is 0 Å². The van der Waals surface area contributed by atoms with Crippen molar-refractivity contribution in [2.75, 3.05) is 0 Å². The summed E-state index contributed by atoms with van der Waals surface area (Å²) in [6.07, 6.45) is -0.155. The summed E-state index contributed by atoms with van der Waals surface area (Å²) >= 11 is 0. The molecule has 0 spiro atoms. The Morgan fingerprint density at radius 3 is 2.45 bits per heavy atom. The van der Waals surface area contributed by atoms with E-state index in [0.717, 1.165) is 5.56 Å². The number of carbonyl (C=O) groups excluding carboxylic acids is 2. The lowest BCUT2D eigenvalue weighted by molar-refractivity contribution is -0.153. The second-order valence-electron chi connectivity index (χ2n) is 6.23. The molecule has 5 heteroatoms. The third-order valence-corrected chi connectivity index (χ3v) is 3.17. The van der Waals surface area contributed by atoms with E-state index < -0.39 is 23.7 Å². The van der Waals surface area contributed by atoms with Crippen LogP contribution in [0.4, 0.5) is 4.79 Å². The third-order valence-electron chi connectivity index (χ3n) is 3.17. The summed E-state index contributed by atoms with van der Waals surface area (Å²) in [5.41, 5.74) is 0.847. The highest BCUT2D eigenvalue weighted by Crippen LogP contribution is 2.31. The smallest absolute Gasteiger partial charge is 0.415 e. The second-order valence-corrected chi connectivity index (χ2v) is 6.23. The molecule has 5 nitrogen and oxygen atoms in total. The molecule has 2 rings (SSSR count). The molecule has 1 atom stereocenters. The Morgan fingerprint density at radius 1 is 1.27 bits per heavy atom. The number of rotatable bonds is 3. The SMILES string of the molecule is C=C1C[C@H](C(=O)OCc2ccccc2)N1C(=O)OC(C)(C)C. The van der Waals surface area contributed by atoms with E-state index in [4.69, 9.17) is 9.47 Å². The number of carbonyl (C=O) groups is 2. The second kappa shape index (κ2) is 6.22. The van der Waals surface area contributed by atoms with Gasteiger partial charge in [-0.3, -0.25) is 4.90 Å². The van der Waals surface area contributed by atoms with Crippen LogP contribution in [0.5, 0.6) is 0 Å². The normalized spacial score (nSPS) is 17.7. The average molecular weight is 303 g/mol. The minimum Gasteiger partial charge on any atom is -0.459 e. The standard InChI is InChI=1S/C17H21NO4/c1-12-10-14(18(12)16(20)22-17(2,3)4)15(19)21-11-13-8-6-5-7-9-13/h5-9,14H,1,10-11H2,2-4H3/t14-/m1/s1. The highest BCUT2D eigenvalue weighted by atomic mass is 16.6. The molecule has 118 valence electrons. The zero-order chi connectivity index (χ0) is 16.3. The van der Waals surface area contributed by atoms with Crippen LogP contribution in [0.25, 0.3) is 0 Å². The Bertz CT molecular complexity index is 574. The van der Waals surface area contributed by atoms with Gasteiger partial charge in [0.25, 0.3) is 0 Å². The molecule has 1 fully saturated rings. The molecule has 0 aromatic heterocycles. The maximum atomic E-state index is 12.1. The van der Waals surface area contributed by atoms with Gasteiger partial charge in [0.2, 0.25) is 0 Å². The Morgan fingerprint density at radius 2 is 1.91 bits per heavy atom. The lowest BCUT2D eigenvalue weighted by Gasteiger charge is -2.41. The first-order chi connectivity index (χ1) is 10.3. The first kappa shape index (κ1) is 16.1. The molecule has 0 radical (unpaired) electrons. The molecule has 0 bridgehead atoms. The van der Waals surface area contributed by atoms with Crippen molar-refractivity contribution >= 4 is 12.1 Å². The Balaban J connectivity index is 1.92. The van der Waals surface area contributed by atoms with Gasteiger partial charge in [-0.25, -0.2) is 9.59 Å². The Kier molecular flexibility index (Phi) is 4.54. The fourth-order valence-electron chi connectivity index (χ4n) is 2.10. The molecule has 1 aromatic rings. The van der Waals surface area contributed by atoms with Crippen LogP contribution in [-0.2, 0) is 20.9 Å². The summed E-state index contributed by atoms with van der Waals surface area (Å²) in [7, 11) is 0. The van der Waals surface area contributed by atoms with Crippen molar-refractivity contribution in [1.29, 1.82) is 0 Å². The summed E-state index contributed by atoms with van der Waals surface area (Å²) in [4.78, 5) is 25.4. The van der Waals surface area contributed by atoms with Gasteiger partial charge in [0.05, 0.1) is 0 Å². The zero-order valence-corrected chi connectivity index (χ0v) is 13.2. The molecular formula is C17H21NO4. The zero-order valence-electron chi connectivity index (χ0n) is 13.2. The van der Waals surface area contributed by atoms with Crippen LogP contribution in [0.1, 0.15) is 32.8 Å². The van der Waals surface area contributed by atoms with Crippen molar-refractivity contribution in [2.24, 2.45) is 0 Å². The van der Waals surface area contributed by atoms with Crippen LogP contribution >= 0.6 is 0 Å². The number of hydrogen-bond acceptors (Lipinski definition) is 4. The van der Waals surface area contributed by atoms with Crippen molar-refractivity contribution in [1.82, 2.24) is 4.90 Å². The molecule has 0 unspecified atom stereocenters. The van der Waals surface area contributed by atoms with E-state index in [2.05, 4.69) is 6.58 Å². The highest BCUT2D eigenvalue weighted by molar-refractivity contribution is 5.85. The van der Waals surface area contributed by atoms with Gasteiger partial charge in [0.15, 0.2) is 0 Å². The molecular weight excluding hydrogens is 282 g/mol. The number of benzene rings is 1. The number of likely N-dealkylation sites (tertiary alicyclic amines) is 1. The van der Waals surface area contributed by atoms with E-state index in [-0.39, 0.29) is 6.61 Å². The van der Waals surface area contributed by atoms with E-state index >= 15 is 0 Å². The van der Waals surface area contributed by atoms with Crippen molar-refractivity contribution in [3.63, 3.8) is 0 Å². The van der Waals surface area contributed by atoms with E-state index in [9.17, 15) is 9.59 Å². The molecule has 1 aliphatic heterocycles. The molecule has 1 aromatic carbocycles. The van der Waals surface area contributed by atoms with E-state index in [1.54, 1.807) is 20.8 Å². The lowest BCUT2D eigenvalue weighted by Crippen LogP contribution is -2.54. The minimum atomic E-state index is -0.647. The van der Waals surface area contributed by atoms with Gasteiger partial charge in [-0.15, -0.1) is 0 Å². The van der Waals surface area contributed by atoms with Crippen LogP contribution in [0.15, 0.2) is 42.6 Å². The molecule has 1 aliphatic rings. The molecule has 0 aliphatic carbocycles. The van der Waals surface area contributed by atoms with Gasteiger partial charge in [-0.2, -0.15) is 0 Å². The first-order valence-electron chi connectivity index (χ1n) is 7.18. The summed E-state index contributed by atoms with van der Waals surface area (Å²) in [6.45, 7) is 9.27. The largest absolute Gasteiger partial charge is 0.459 e. The van der Waals surface area contributed by atoms with Gasteiger partial charge in [0, 0.05) is 12.1 Å². The van der Waals surface area contributed by atoms with Gasteiger partial charge < -0.3 is 9.47 Å². The number of nitrogens with zero attached hydrogens (tertiary/aromatic N) is 1. The lowest BCUT2D eigenvalue weighted by atomic mass is 10.0. The van der Waals surface area contributed by atoms with Crippen LogP contribution in [0.2, 0.25) is 0 Å². The molecule has 1 saturated heterocycles. The predicted octanol–water partition coefficient (Wildman–Crippen LogP) is 3.25. The average Bonchev–Trinajstić information content (AvgIpc) is 2.41. The van der Waals surface area contributed by atoms with Crippen LogP contribution in [-0.4, -0.2) is 28.6 Å². The number of esters is 1. The predicted molar refractivity (Wildman–Crippen MR) is 81.9 cm³/mol. The molecule has 1 amide bonds. The third kappa shape index (κ3) is 3.87. The topological polar surface area (TPSA) is 55.8 Å². The van der Waals surface area contributed by atoms with Crippen molar-refractivity contribution in [2.45, 2.75) is 45.4 Å². The molecule has 0 N–H and O–H groups in total. The first-order valence-corrected chi connectivity index (χ1v) is 7.18.